The fourth-order valence-electron chi connectivity index (χ4n) is 3.50. The minimum atomic E-state index is -0.225. The summed E-state index contributed by atoms with van der Waals surface area (Å²) < 4.78 is 17.7. The first-order chi connectivity index (χ1) is 12.8. The average molecular weight is 342 g/mol. The number of para-hydroxylation sites is 2. The van der Waals surface area contributed by atoms with Gasteiger partial charge in [-0.2, -0.15) is 4.40 Å². The van der Waals surface area contributed by atoms with Crippen molar-refractivity contribution in [3.8, 4) is 11.3 Å². The molecule has 0 aliphatic rings. The van der Waals surface area contributed by atoms with E-state index in [9.17, 15) is 4.39 Å². The van der Waals surface area contributed by atoms with Crippen molar-refractivity contribution >= 4 is 16.8 Å². The topological polar surface area (TPSA) is 24.1 Å². The molecule has 3 nitrogen and oxygen atoms in total. The number of benzene rings is 3. The molecule has 26 heavy (non-hydrogen) atoms. The first-order valence-corrected chi connectivity index (χ1v) is 8.61. The molecule has 0 bridgehead atoms. The predicted octanol–water partition coefficient (Wildman–Crippen LogP) is 4.56. The van der Waals surface area contributed by atoms with Gasteiger partial charge in [-0.1, -0.05) is 42.5 Å². The lowest BCUT2D eigenvalue weighted by Gasteiger charge is -2.00. The Morgan fingerprint density at radius 3 is 2.38 bits per heavy atom. The Labute approximate surface area is 150 Å². The van der Waals surface area contributed by atoms with Crippen LogP contribution in [0.4, 0.5) is 4.39 Å². The Balaban J connectivity index is 1.72. The fraction of sp³-hybridized carbons (Fsp3) is 0.0455. The summed E-state index contributed by atoms with van der Waals surface area (Å²) >= 11 is 0. The summed E-state index contributed by atoms with van der Waals surface area (Å²) in [6.07, 6.45) is 2.08. The maximum atomic E-state index is 13.2. The molecule has 5 aromatic rings. The highest BCUT2D eigenvalue weighted by atomic mass is 19.1. The van der Waals surface area contributed by atoms with Crippen molar-refractivity contribution in [1.29, 1.82) is 0 Å². The molecule has 3 aromatic carbocycles. The van der Waals surface area contributed by atoms with Gasteiger partial charge in [-0.25, -0.2) is 13.9 Å². The quantitative estimate of drug-likeness (QED) is 0.465. The van der Waals surface area contributed by atoms with Gasteiger partial charge >= 0.3 is 5.78 Å². The van der Waals surface area contributed by atoms with Crippen molar-refractivity contribution in [2.75, 3.05) is 0 Å². The third-order valence-electron chi connectivity index (χ3n) is 4.76. The molecule has 0 aliphatic heterocycles. The third-order valence-corrected chi connectivity index (χ3v) is 4.76. The Hall–Kier alpha value is -3.40. The SMILES string of the molecule is Fc1ccc(-c2cn3c4ccccc4[n+](Cc4ccccc4)c3[nH]2)cc1. The number of hydrogen-bond donors (Lipinski definition) is 1. The molecule has 0 spiro atoms. The van der Waals surface area contributed by atoms with Crippen molar-refractivity contribution in [1.82, 2.24) is 9.38 Å². The molecule has 0 unspecified atom stereocenters. The van der Waals surface area contributed by atoms with E-state index in [-0.39, 0.29) is 5.82 Å². The zero-order chi connectivity index (χ0) is 17.5. The summed E-state index contributed by atoms with van der Waals surface area (Å²) in [5.74, 6) is 0.783. The largest absolute Gasteiger partial charge is 0.368 e. The van der Waals surface area contributed by atoms with Gasteiger partial charge in [-0.15, -0.1) is 0 Å². The Morgan fingerprint density at radius 1 is 0.846 bits per heavy atom. The van der Waals surface area contributed by atoms with Crippen LogP contribution in [-0.2, 0) is 6.54 Å². The first kappa shape index (κ1) is 14.9. The highest BCUT2D eigenvalue weighted by molar-refractivity contribution is 5.76. The number of imidazole rings is 2. The van der Waals surface area contributed by atoms with E-state index >= 15 is 0 Å². The van der Waals surface area contributed by atoms with Crippen molar-refractivity contribution in [3.63, 3.8) is 0 Å². The van der Waals surface area contributed by atoms with Gasteiger partial charge in [0.1, 0.15) is 28.7 Å². The molecule has 0 radical (unpaired) electrons. The molecule has 0 saturated heterocycles. The Bertz CT molecular complexity index is 1200. The number of halogens is 1. The predicted molar refractivity (Wildman–Crippen MR) is 100 cm³/mol. The van der Waals surface area contributed by atoms with E-state index in [2.05, 4.69) is 62.6 Å². The van der Waals surface area contributed by atoms with Crippen molar-refractivity contribution in [2.45, 2.75) is 6.54 Å². The van der Waals surface area contributed by atoms with Crippen molar-refractivity contribution < 1.29 is 8.96 Å². The van der Waals surface area contributed by atoms with Crippen LogP contribution < -0.4 is 4.57 Å². The highest BCUT2D eigenvalue weighted by Crippen LogP contribution is 2.22. The summed E-state index contributed by atoms with van der Waals surface area (Å²) in [6.45, 7) is 0.779. The molecule has 0 fully saturated rings. The lowest BCUT2D eigenvalue weighted by molar-refractivity contribution is -0.638. The van der Waals surface area contributed by atoms with Crippen LogP contribution in [0, 0.1) is 5.82 Å². The second-order valence-corrected chi connectivity index (χ2v) is 6.43. The standard InChI is InChI=1S/C22H16FN3/c23-18-12-10-17(11-13-18)19-15-26-21-9-5-4-8-20(21)25(22(26)24-19)14-16-6-2-1-3-7-16/h1-13,15H,14H2/p+1. The molecule has 4 heteroatoms. The number of nitrogens with zero attached hydrogens (tertiary/aromatic N) is 2. The maximum absolute atomic E-state index is 13.2. The van der Waals surface area contributed by atoms with E-state index in [1.165, 1.54) is 23.2 Å². The fourth-order valence-corrected chi connectivity index (χ4v) is 3.50. The van der Waals surface area contributed by atoms with E-state index in [1.807, 2.05) is 12.1 Å². The maximum Gasteiger partial charge on any atom is 0.368 e. The van der Waals surface area contributed by atoms with Crippen LogP contribution in [0.1, 0.15) is 5.56 Å². The second-order valence-electron chi connectivity index (χ2n) is 6.43. The van der Waals surface area contributed by atoms with Crippen molar-refractivity contribution in [3.05, 3.63) is 96.4 Å². The number of nitrogens with one attached hydrogen (secondary N) is 1. The van der Waals surface area contributed by atoms with Gasteiger partial charge in [0.15, 0.2) is 0 Å². The van der Waals surface area contributed by atoms with Gasteiger partial charge in [0.25, 0.3) is 0 Å². The Kier molecular flexibility index (Phi) is 3.35. The van der Waals surface area contributed by atoms with E-state index < -0.39 is 0 Å². The van der Waals surface area contributed by atoms with Crippen LogP contribution in [0.3, 0.4) is 0 Å². The second kappa shape index (κ2) is 5.85. The van der Waals surface area contributed by atoms with Gasteiger partial charge in [0.2, 0.25) is 0 Å². The summed E-state index contributed by atoms with van der Waals surface area (Å²) in [5, 5.41) is 0. The van der Waals surface area contributed by atoms with E-state index in [1.54, 1.807) is 12.1 Å². The molecule has 0 aliphatic carbocycles. The summed E-state index contributed by atoms with van der Waals surface area (Å²) in [4.78, 5) is 3.51. The zero-order valence-corrected chi connectivity index (χ0v) is 14.1. The van der Waals surface area contributed by atoms with Gasteiger partial charge in [-0.05, 0) is 42.0 Å². The lowest BCUT2D eigenvalue weighted by atomic mass is 10.2. The molecule has 2 aromatic heterocycles. The summed E-state index contributed by atoms with van der Waals surface area (Å²) in [6, 6.07) is 25.3. The van der Waals surface area contributed by atoms with Crippen LogP contribution >= 0.6 is 0 Å². The summed E-state index contributed by atoms with van der Waals surface area (Å²) in [7, 11) is 0. The van der Waals surface area contributed by atoms with Gasteiger partial charge in [0, 0.05) is 5.56 Å². The third kappa shape index (κ3) is 2.39. The van der Waals surface area contributed by atoms with Crippen LogP contribution in [0.2, 0.25) is 0 Å². The molecule has 1 N–H and O–H groups in total. The number of fused-ring (bicyclic) bond motifs is 3. The molecule has 5 rings (SSSR count). The average Bonchev–Trinajstić information content (AvgIpc) is 3.23. The number of rotatable bonds is 3. The number of aromatic amines is 1. The smallest absolute Gasteiger partial charge is 0.241 e. The van der Waals surface area contributed by atoms with Crippen LogP contribution in [0.5, 0.6) is 0 Å². The minimum absolute atomic E-state index is 0.225. The van der Waals surface area contributed by atoms with E-state index in [0.717, 1.165) is 29.1 Å². The van der Waals surface area contributed by atoms with Gasteiger partial charge < -0.3 is 0 Å². The molecule has 2 heterocycles. The zero-order valence-electron chi connectivity index (χ0n) is 14.1. The molecule has 0 saturated carbocycles. The minimum Gasteiger partial charge on any atom is -0.241 e. The lowest BCUT2D eigenvalue weighted by Crippen LogP contribution is -2.34. The first-order valence-electron chi connectivity index (χ1n) is 8.61. The molecular formula is C22H17FN3+. The van der Waals surface area contributed by atoms with Crippen LogP contribution in [0.25, 0.3) is 28.1 Å². The number of hydrogen-bond acceptors (Lipinski definition) is 0. The van der Waals surface area contributed by atoms with Crippen molar-refractivity contribution in [2.24, 2.45) is 0 Å². The van der Waals surface area contributed by atoms with E-state index in [0.29, 0.717) is 0 Å². The molecule has 0 atom stereocenters. The molecule has 126 valence electrons. The number of H-pyrrole nitrogens is 1. The summed E-state index contributed by atoms with van der Waals surface area (Å²) in [5.41, 5.74) is 5.49. The highest BCUT2D eigenvalue weighted by Gasteiger charge is 2.21. The number of aromatic nitrogens is 3. The van der Waals surface area contributed by atoms with E-state index in [4.69, 9.17) is 0 Å². The Morgan fingerprint density at radius 2 is 1.58 bits per heavy atom. The van der Waals surface area contributed by atoms with Gasteiger partial charge in [0.05, 0.1) is 6.54 Å². The normalized spacial score (nSPS) is 11.4. The van der Waals surface area contributed by atoms with Crippen LogP contribution in [-0.4, -0.2) is 9.38 Å². The molecular weight excluding hydrogens is 325 g/mol. The monoisotopic (exact) mass is 342 g/mol. The van der Waals surface area contributed by atoms with Gasteiger partial charge in [-0.3, -0.25) is 0 Å². The van der Waals surface area contributed by atoms with Crippen LogP contribution in [0.15, 0.2) is 85.1 Å². The molecule has 0 amide bonds.